The van der Waals surface area contributed by atoms with Crippen molar-refractivity contribution in [2.75, 3.05) is 36.8 Å². The van der Waals surface area contributed by atoms with Gasteiger partial charge in [0, 0.05) is 36.0 Å². The first kappa shape index (κ1) is 17.9. The molecule has 2 aromatic carbocycles. The second kappa shape index (κ2) is 6.75. The zero-order chi connectivity index (χ0) is 18.2. The summed E-state index contributed by atoms with van der Waals surface area (Å²) >= 11 is 3.59. The lowest BCUT2D eigenvalue weighted by Gasteiger charge is -2.37. The van der Waals surface area contributed by atoms with E-state index >= 15 is 0 Å². The molecule has 1 amide bonds. The number of ether oxygens (including phenoxy) is 1. The molecule has 3 rings (SSSR count). The van der Waals surface area contributed by atoms with Crippen LogP contribution in [0.3, 0.4) is 0 Å². The molecule has 1 aliphatic heterocycles. The molecule has 0 spiro atoms. The molecule has 0 atom stereocenters. The van der Waals surface area contributed by atoms with Crippen molar-refractivity contribution in [1.82, 2.24) is 4.90 Å². The van der Waals surface area contributed by atoms with Gasteiger partial charge in [0.1, 0.15) is 5.60 Å². The summed E-state index contributed by atoms with van der Waals surface area (Å²) < 4.78 is 6.46. The molecule has 0 aliphatic carbocycles. The van der Waals surface area contributed by atoms with Crippen LogP contribution in [0.1, 0.15) is 20.8 Å². The van der Waals surface area contributed by atoms with Crippen LogP contribution in [0.25, 0.3) is 10.8 Å². The van der Waals surface area contributed by atoms with Crippen LogP contribution in [0.15, 0.2) is 34.8 Å². The molecule has 25 heavy (non-hydrogen) atoms. The largest absolute Gasteiger partial charge is 0.444 e. The number of nitrogens with zero attached hydrogens (tertiary/aromatic N) is 2. The fourth-order valence-electron chi connectivity index (χ4n) is 3.13. The van der Waals surface area contributed by atoms with Crippen LogP contribution in [0.5, 0.6) is 0 Å². The zero-order valence-electron chi connectivity index (χ0n) is 14.9. The number of benzene rings is 2. The maximum absolute atomic E-state index is 12.2. The predicted molar refractivity (Wildman–Crippen MR) is 106 cm³/mol. The maximum atomic E-state index is 12.2. The van der Waals surface area contributed by atoms with E-state index in [9.17, 15) is 4.79 Å². The van der Waals surface area contributed by atoms with Crippen molar-refractivity contribution in [3.8, 4) is 0 Å². The third-order valence-corrected chi connectivity index (χ3v) is 4.90. The molecule has 2 N–H and O–H groups in total. The second-order valence-electron chi connectivity index (χ2n) is 7.30. The van der Waals surface area contributed by atoms with Crippen LogP contribution in [0.2, 0.25) is 0 Å². The Hall–Kier alpha value is -1.95. The number of carbonyl (C=O) groups is 1. The van der Waals surface area contributed by atoms with Crippen LogP contribution in [0, 0.1) is 0 Å². The molecule has 1 heterocycles. The van der Waals surface area contributed by atoms with E-state index in [2.05, 4.69) is 33.0 Å². The van der Waals surface area contributed by atoms with Gasteiger partial charge in [-0.25, -0.2) is 4.79 Å². The van der Waals surface area contributed by atoms with E-state index in [4.69, 9.17) is 10.5 Å². The number of hydrogen-bond donors (Lipinski definition) is 1. The molecule has 134 valence electrons. The Morgan fingerprint density at radius 3 is 2.32 bits per heavy atom. The molecule has 1 fully saturated rings. The van der Waals surface area contributed by atoms with E-state index in [0.29, 0.717) is 13.1 Å². The normalized spacial score (nSPS) is 15.5. The molecule has 0 unspecified atom stereocenters. The van der Waals surface area contributed by atoms with Gasteiger partial charge in [-0.05, 0) is 32.2 Å². The number of carbonyl (C=O) groups excluding carboxylic acids is 1. The highest BCUT2D eigenvalue weighted by molar-refractivity contribution is 9.10. The van der Waals surface area contributed by atoms with Crippen molar-refractivity contribution in [2.45, 2.75) is 26.4 Å². The van der Waals surface area contributed by atoms with Gasteiger partial charge in [0.25, 0.3) is 0 Å². The zero-order valence-corrected chi connectivity index (χ0v) is 16.5. The third-order valence-electron chi connectivity index (χ3n) is 4.24. The summed E-state index contributed by atoms with van der Waals surface area (Å²) in [5.41, 5.74) is 7.64. The third kappa shape index (κ3) is 3.84. The smallest absolute Gasteiger partial charge is 0.410 e. The Morgan fingerprint density at radius 2 is 1.72 bits per heavy atom. The lowest BCUT2D eigenvalue weighted by molar-refractivity contribution is 0.0241. The van der Waals surface area contributed by atoms with Crippen molar-refractivity contribution in [2.24, 2.45) is 0 Å². The van der Waals surface area contributed by atoms with Gasteiger partial charge in [-0.15, -0.1) is 0 Å². The molecule has 5 nitrogen and oxygen atoms in total. The van der Waals surface area contributed by atoms with Gasteiger partial charge < -0.3 is 20.3 Å². The Balaban J connectivity index is 1.80. The van der Waals surface area contributed by atoms with Gasteiger partial charge in [0.15, 0.2) is 0 Å². The molecule has 1 aliphatic rings. The van der Waals surface area contributed by atoms with Crippen LogP contribution in [-0.4, -0.2) is 42.8 Å². The molecular weight excluding hydrogens is 382 g/mol. The van der Waals surface area contributed by atoms with Crippen molar-refractivity contribution in [1.29, 1.82) is 0 Å². The minimum Gasteiger partial charge on any atom is -0.444 e. The Kier molecular flexibility index (Phi) is 4.82. The van der Waals surface area contributed by atoms with Crippen LogP contribution in [0.4, 0.5) is 16.2 Å². The van der Waals surface area contributed by atoms with Gasteiger partial charge in [-0.2, -0.15) is 0 Å². The topological polar surface area (TPSA) is 58.8 Å². The molecular formula is C19H24BrN3O2. The average molecular weight is 406 g/mol. The first-order valence-corrected chi connectivity index (χ1v) is 9.25. The number of rotatable bonds is 1. The number of anilines is 2. The molecule has 2 aromatic rings. The average Bonchev–Trinajstić information content (AvgIpc) is 2.54. The standard InChI is InChI=1S/C19H24BrN3O2/c1-19(2,3)25-18(24)23-10-8-22(9-11-23)17-14-7-5-4-6-13(14)15(20)12-16(17)21/h4-7,12H,8-11,21H2,1-3H3. The quantitative estimate of drug-likeness (QED) is 0.720. The van der Waals surface area contributed by atoms with E-state index in [1.165, 1.54) is 0 Å². The minimum atomic E-state index is -0.472. The van der Waals surface area contributed by atoms with E-state index in [1.807, 2.05) is 39.0 Å². The fraction of sp³-hybridized carbons (Fsp3) is 0.421. The number of amides is 1. The molecule has 0 radical (unpaired) electrons. The fourth-order valence-corrected chi connectivity index (χ4v) is 3.72. The summed E-state index contributed by atoms with van der Waals surface area (Å²) in [4.78, 5) is 16.3. The van der Waals surface area contributed by atoms with Crippen LogP contribution < -0.4 is 10.6 Å². The second-order valence-corrected chi connectivity index (χ2v) is 8.15. The predicted octanol–water partition coefficient (Wildman–Crippen LogP) is 4.24. The minimum absolute atomic E-state index is 0.249. The summed E-state index contributed by atoms with van der Waals surface area (Å²) in [7, 11) is 0. The van der Waals surface area contributed by atoms with E-state index in [0.717, 1.165) is 39.7 Å². The summed E-state index contributed by atoms with van der Waals surface area (Å²) in [5, 5.41) is 2.27. The Bertz CT molecular complexity index is 793. The van der Waals surface area contributed by atoms with E-state index in [-0.39, 0.29) is 6.09 Å². The highest BCUT2D eigenvalue weighted by Gasteiger charge is 2.27. The Labute approximate surface area is 156 Å². The van der Waals surface area contributed by atoms with Crippen LogP contribution in [-0.2, 0) is 4.74 Å². The van der Waals surface area contributed by atoms with Crippen molar-refractivity contribution in [3.05, 3.63) is 34.8 Å². The van der Waals surface area contributed by atoms with Gasteiger partial charge in [-0.1, -0.05) is 40.2 Å². The highest BCUT2D eigenvalue weighted by Crippen LogP contribution is 2.38. The molecule has 0 aromatic heterocycles. The summed E-state index contributed by atoms with van der Waals surface area (Å²) in [5.74, 6) is 0. The number of piperazine rings is 1. The monoisotopic (exact) mass is 405 g/mol. The number of fused-ring (bicyclic) bond motifs is 1. The van der Waals surface area contributed by atoms with Crippen LogP contribution >= 0.6 is 15.9 Å². The maximum Gasteiger partial charge on any atom is 0.410 e. The van der Waals surface area contributed by atoms with E-state index < -0.39 is 5.60 Å². The van der Waals surface area contributed by atoms with Gasteiger partial charge in [0.05, 0.1) is 11.4 Å². The molecule has 0 saturated carbocycles. The SMILES string of the molecule is CC(C)(C)OC(=O)N1CCN(c2c(N)cc(Br)c3ccccc23)CC1. The first-order valence-electron chi connectivity index (χ1n) is 8.46. The Morgan fingerprint density at radius 1 is 1.12 bits per heavy atom. The van der Waals surface area contributed by atoms with Crippen molar-refractivity contribution >= 4 is 44.2 Å². The van der Waals surface area contributed by atoms with Gasteiger partial charge in [-0.3, -0.25) is 0 Å². The highest BCUT2D eigenvalue weighted by atomic mass is 79.9. The van der Waals surface area contributed by atoms with E-state index in [1.54, 1.807) is 4.90 Å². The van der Waals surface area contributed by atoms with Gasteiger partial charge in [0.2, 0.25) is 0 Å². The molecule has 0 bridgehead atoms. The first-order chi connectivity index (χ1) is 11.8. The number of nitrogens with two attached hydrogens (primary N) is 1. The number of hydrogen-bond acceptors (Lipinski definition) is 4. The lowest BCUT2D eigenvalue weighted by Crippen LogP contribution is -2.50. The van der Waals surface area contributed by atoms with Crippen molar-refractivity contribution in [3.63, 3.8) is 0 Å². The number of halogens is 1. The molecule has 6 heteroatoms. The number of nitrogen functional groups attached to an aromatic ring is 1. The summed E-state index contributed by atoms with van der Waals surface area (Å²) in [6.07, 6.45) is -0.249. The van der Waals surface area contributed by atoms with Gasteiger partial charge >= 0.3 is 6.09 Å². The summed E-state index contributed by atoms with van der Waals surface area (Å²) in [6, 6.07) is 10.2. The lowest BCUT2D eigenvalue weighted by atomic mass is 10.1. The molecule has 1 saturated heterocycles. The van der Waals surface area contributed by atoms with Crippen molar-refractivity contribution < 1.29 is 9.53 Å². The summed E-state index contributed by atoms with van der Waals surface area (Å²) in [6.45, 7) is 8.36.